The van der Waals surface area contributed by atoms with E-state index >= 15 is 0 Å². The molecule has 2 heterocycles. The molecule has 6 heteroatoms. The van der Waals surface area contributed by atoms with E-state index in [0.717, 1.165) is 11.3 Å². The lowest BCUT2D eigenvalue weighted by Gasteiger charge is -2.19. The smallest absolute Gasteiger partial charge is 0.348 e. The van der Waals surface area contributed by atoms with Crippen LogP contribution in [-0.4, -0.2) is 10.8 Å². The normalized spacial score (nSPS) is 15.6. The minimum Gasteiger partial charge on any atom is -0.507 e. The number of rotatable bonds is 2. The Morgan fingerprint density at radius 2 is 1.96 bits per heavy atom. The molecule has 1 aliphatic heterocycles. The predicted octanol–water partition coefficient (Wildman–Crippen LogP) is 4.20. The Balaban J connectivity index is 1.85. The van der Waals surface area contributed by atoms with E-state index in [-0.39, 0.29) is 17.4 Å². The molecule has 0 bridgehead atoms. The number of aryl methyl sites for hydroxylation is 1. The van der Waals surface area contributed by atoms with E-state index in [9.17, 15) is 9.90 Å². The molecule has 3 aromatic rings. The molecule has 2 aromatic carbocycles. The summed E-state index contributed by atoms with van der Waals surface area (Å²) in [5.74, 6) is 0.188. The van der Waals surface area contributed by atoms with Crippen molar-refractivity contribution in [1.82, 2.24) is 0 Å². The topological polar surface area (TPSA) is 98.6 Å². The van der Waals surface area contributed by atoms with E-state index in [4.69, 9.17) is 9.68 Å². The number of aliphatic imine (C=N–C) groups is 1. The van der Waals surface area contributed by atoms with Crippen molar-refractivity contribution in [2.75, 3.05) is 5.32 Å². The van der Waals surface area contributed by atoms with Crippen molar-refractivity contribution >= 4 is 17.1 Å². The first-order valence-corrected chi connectivity index (χ1v) is 8.82. The quantitative estimate of drug-likeness (QED) is 0.703. The van der Waals surface area contributed by atoms with Gasteiger partial charge in [0.2, 0.25) is 0 Å². The third kappa shape index (κ3) is 3.26. The van der Waals surface area contributed by atoms with Crippen molar-refractivity contribution in [3.63, 3.8) is 0 Å². The maximum atomic E-state index is 12.4. The molecule has 2 N–H and O–H groups in total. The van der Waals surface area contributed by atoms with Crippen LogP contribution in [0.5, 0.6) is 5.75 Å². The van der Waals surface area contributed by atoms with Crippen molar-refractivity contribution in [3.05, 3.63) is 87.5 Å². The highest BCUT2D eigenvalue weighted by atomic mass is 16.4. The second kappa shape index (κ2) is 7.05. The summed E-state index contributed by atoms with van der Waals surface area (Å²) in [7, 11) is 0. The van der Waals surface area contributed by atoms with Crippen LogP contribution in [0.3, 0.4) is 0 Å². The standard InChI is InChI=1S/C22H17N3O3/c1-13-10-20(26)21(22(27)28-13)19-11-18(15-8-6-14(12-23)7-9-15)24-16-4-2-3-5-17(16)25-19/h2-10,18,24,26H,11H2,1H3. The third-order valence-electron chi connectivity index (χ3n) is 4.67. The Bertz CT molecular complexity index is 1170. The van der Waals surface area contributed by atoms with Gasteiger partial charge in [-0.3, -0.25) is 4.99 Å². The van der Waals surface area contributed by atoms with E-state index in [1.165, 1.54) is 6.07 Å². The average Bonchev–Trinajstić information content (AvgIpc) is 2.87. The minimum absolute atomic E-state index is 0.0720. The van der Waals surface area contributed by atoms with Gasteiger partial charge in [0.25, 0.3) is 0 Å². The highest BCUT2D eigenvalue weighted by molar-refractivity contribution is 6.05. The van der Waals surface area contributed by atoms with E-state index in [1.54, 1.807) is 19.1 Å². The summed E-state index contributed by atoms with van der Waals surface area (Å²) in [5.41, 5.74) is 2.91. The first-order valence-electron chi connectivity index (χ1n) is 8.82. The number of fused-ring (bicyclic) bond motifs is 1. The third-order valence-corrected chi connectivity index (χ3v) is 4.67. The summed E-state index contributed by atoms with van der Waals surface area (Å²) in [6, 6.07) is 18.1. The number of nitriles is 1. The number of anilines is 1. The molecule has 0 amide bonds. The zero-order valence-electron chi connectivity index (χ0n) is 15.1. The molecule has 6 nitrogen and oxygen atoms in total. The van der Waals surface area contributed by atoms with Crippen LogP contribution in [0.1, 0.15) is 34.9 Å². The van der Waals surface area contributed by atoms with E-state index in [0.29, 0.717) is 29.1 Å². The summed E-state index contributed by atoms with van der Waals surface area (Å²) in [5, 5.41) is 22.9. The molecule has 0 spiro atoms. The first-order chi connectivity index (χ1) is 13.5. The van der Waals surface area contributed by atoms with Gasteiger partial charge >= 0.3 is 5.63 Å². The van der Waals surface area contributed by atoms with Gasteiger partial charge in [-0.1, -0.05) is 24.3 Å². The molecule has 1 atom stereocenters. The number of hydrogen-bond donors (Lipinski definition) is 2. The Hall–Kier alpha value is -3.85. The molecule has 0 radical (unpaired) electrons. The van der Waals surface area contributed by atoms with E-state index in [1.807, 2.05) is 36.4 Å². The van der Waals surface area contributed by atoms with Gasteiger partial charge in [-0.05, 0) is 36.8 Å². The SMILES string of the molecule is Cc1cc(O)c(C2=Nc3ccccc3NC(c3ccc(C#N)cc3)C2)c(=O)o1. The zero-order valence-corrected chi connectivity index (χ0v) is 15.1. The van der Waals surface area contributed by atoms with Crippen LogP contribution in [0.25, 0.3) is 0 Å². The van der Waals surface area contributed by atoms with Crippen LogP contribution in [0.4, 0.5) is 11.4 Å². The monoisotopic (exact) mass is 371 g/mol. The molecule has 1 unspecified atom stereocenters. The highest BCUT2D eigenvalue weighted by Crippen LogP contribution is 2.36. The molecule has 4 rings (SSSR count). The summed E-state index contributed by atoms with van der Waals surface area (Å²) in [4.78, 5) is 17.1. The molecule has 0 saturated carbocycles. The lowest BCUT2D eigenvalue weighted by molar-refractivity contribution is 0.432. The predicted molar refractivity (Wildman–Crippen MR) is 106 cm³/mol. The Kier molecular flexibility index (Phi) is 4.42. The van der Waals surface area contributed by atoms with Crippen molar-refractivity contribution in [2.24, 2.45) is 4.99 Å². The van der Waals surface area contributed by atoms with Crippen LogP contribution < -0.4 is 10.9 Å². The largest absolute Gasteiger partial charge is 0.507 e. The lowest BCUT2D eigenvalue weighted by atomic mass is 9.97. The Labute approximate surface area is 161 Å². The van der Waals surface area contributed by atoms with Gasteiger partial charge in [0.1, 0.15) is 17.1 Å². The molecule has 0 fully saturated rings. The Morgan fingerprint density at radius 3 is 2.68 bits per heavy atom. The molecule has 0 saturated heterocycles. The van der Waals surface area contributed by atoms with Gasteiger partial charge in [-0.25, -0.2) is 4.79 Å². The van der Waals surface area contributed by atoms with Gasteiger partial charge in [0.05, 0.1) is 34.8 Å². The minimum atomic E-state index is -0.616. The number of benzene rings is 2. The number of para-hydroxylation sites is 2. The van der Waals surface area contributed by atoms with Gasteiger partial charge in [0, 0.05) is 12.5 Å². The van der Waals surface area contributed by atoms with Gasteiger partial charge in [-0.2, -0.15) is 5.26 Å². The summed E-state index contributed by atoms with van der Waals surface area (Å²) in [6.45, 7) is 1.61. The summed E-state index contributed by atoms with van der Waals surface area (Å²) >= 11 is 0. The van der Waals surface area contributed by atoms with Gasteiger partial charge in [-0.15, -0.1) is 0 Å². The van der Waals surface area contributed by atoms with Crippen molar-refractivity contribution in [1.29, 1.82) is 5.26 Å². The second-order valence-corrected chi connectivity index (χ2v) is 6.62. The summed E-state index contributed by atoms with van der Waals surface area (Å²) in [6.07, 6.45) is 0.363. The number of nitrogens with zero attached hydrogens (tertiary/aromatic N) is 2. The van der Waals surface area contributed by atoms with Crippen LogP contribution in [0.2, 0.25) is 0 Å². The van der Waals surface area contributed by atoms with Crippen molar-refractivity contribution in [2.45, 2.75) is 19.4 Å². The number of nitrogens with one attached hydrogen (secondary N) is 1. The lowest BCUT2D eigenvalue weighted by Crippen LogP contribution is -2.20. The van der Waals surface area contributed by atoms with Crippen LogP contribution in [0.15, 0.2) is 68.8 Å². The maximum absolute atomic E-state index is 12.4. The zero-order chi connectivity index (χ0) is 19.7. The fraction of sp³-hybridized carbons (Fsp3) is 0.136. The van der Waals surface area contributed by atoms with Crippen LogP contribution in [0, 0.1) is 18.3 Å². The fourth-order valence-electron chi connectivity index (χ4n) is 3.33. The Morgan fingerprint density at radius 1 is 1.21 bits per heavy atom. The molecule has 28 heavy (non-hydrogen) atoms. The molecular formula is C22H17N3O3. The van der Waals surface area contributed by atoms with E-state index in [2.05, 4.69) is 16.4 Å². The summed E-state index contributed by atoms with van der Waals surface area (Å²) < 4.78 is 5.19. The molecule has 138 valence electrons. The molecular weight excluding hydrogens is 354 g/mol. The number of hydrogen-bond acceptors (Lipinski definition) is 6. The number of aromatic hydroxyl groups is 1. The van der Waals surface area contributed by atoms with Crippen molar-refractivity contribution in [3.8, 4) is 11.8 Å². The highest BCUT2D eigenvalue weighted by Gasteiger charge is 2.25. The molecule has 1 aromatic heterocycles. The van der Waals surface area contributed by atoms with Crippen LogP contribution >= 0.6 is 0 Å². The first kappa shape index (κ1) is 17.6. The van der Waals surface area contributed by atoms with E-state index < -0.39 is 5.63 Å². The van der Waals surface area contributed by atoms with Crippen LogP contribution in [-0.2, 0) is 0 Å². The van der Waals surface area contributed by atoms with Gasteiger partial charge < -0.3 is 14.8 Å². The molecule has 1 aliphatic rings. The average molecular weight is 371 g/mol. The molecule has 0 aliphatic carbocycles. The maximum Gasteiger partial charge on any atom is 0.348 e. The second-order valence-electron chi connectivity index (χ2n) is 6.62. The van der Waals surface area contributed by atoms with Crippen molar-refractivity contribution < 1.29 is 9.52 Å². The fourth-order valence-corrected chi connectivity index (χ4v) is 3.33. The van der Waals surface area contributed by atoms with Gasteiger partial charge in [0.15, 0.2) is 0 Å².